The second-order valence-corrected chi connectivity index (χ2v) is 15.7. The third kappa shape index (κ3) is 5.80. The number of Topliss-reactive ketones (excluding diaryl/α,β-unsaturated/α-hetero) is 2. The Bertz CT molecular complexity index is 1550. The summed E-state index contributed by atoms with van der Waals surface area (Å²) >= 11 is 9.42. The van der Waals surface area contributed by atoms with Gasteiger partial charge < -0.3 is 9.08 Å². The fourth-order valence-electron chi connectivity index (χ4n) is 6.41. The maximum Gasteiger partial charge on any atom is 0.339 e. The summed E-state index contributed by atoms with van der Waals surface area (Å²) in [4.78, 5) is 30.0. The number of allylic oxidation sites excluding steroid dienone is 4. The molecular weight excluding hydrogens is 626 g/mol. The van der Waals surface area contributed by atoms with Gasteiger partial charge in [0.05, 0.1) is 4.47 Å². The van der Waals surface area contributed by atoms with Crippen molar-refractivity contribution in [3.05, 3.63) is 80.1 Å². The van der Waals surface area contributed by atoms with E-state index in [0.717, 1.165) is 42.8 Å². The zero-order valence-electron chi connectivity index (χ0n) is 24.0. The van der Waals surface area contributed by atoms with Gasteiger partial charge >= 0.3 is 10.1 Å². The third-order valence-corrected chi connectivity index (χ3v) is 10.2. The molecule has 1 heterocycles. The second kappa shape index (κ2) is 10.7. The third-order valence-electron chi connectivity index (χ3n) is 8.06. The summed E-state index contributed by atoms with van der Waals surface area (Å²) in [6, 6.07) is 10.9. The number of ketones is 2. The molecule has 41 heavy (non-hydrogen) atoms. The van der Waals surface area contributed by atoms with E-state index >= 15 is 0 Å². The molecule has 0 aromatic heterocycles. The lowest BCUT2D eigenvalue weighted by Gasteiger charge is -2.49. The number of carbonyl (C=O) groups is 2. The predicted octanol–water partition coefficient (Wildman–Crippen LogP) is 7.97. The van der Waals surface area contributed by atoms with Crippen LogP contribution in [-0.4, -0.2) is 31.4 Å². The van der Waals surface area contributed by atoms with Gasteiger partial charge in [0.25, 0.3) is 0 Å². The van der Waals surface area contributed by atoms with Crippen molar-refractivity contribution in [1.82, 2.24) is 4.90 Å². The fraction of sp³-hybridized carbons (Fsp3) is 0.438. The first-order valence-corrected chi connectivity index (χ1v) is 16.5. The molecule has 6 nitrogen and oxygen atoms in total. The summed E-state index contributed by atoms with van der Waals surface area (Å²) in [5, 5.41) is 0.420. The molecule has 3 aliphatic rings. The molecule has 218 valence electrons. The fourth-order valence-corrected chi connectivity index (χ4v) is 8.06. The van der Waals surface area contributed by atoms with E-state index in [1.54, 1.807) is 18.2 Å². The van der Waals surface area contributed by atoms with Crippen LogP contribution in [0.4, 0.5) is 0 Å². The van der Waals surface area contributed by atoms with E-state index in [1.807, 2.05) is 0 Å². The van der Waals surface area contributed by atoms with Crippen LogP contribution < -0.4 is 4.18 Å². The van der Waals surface area contributed by atoms with Gasteiger partial charge in [0, 0.05) is 52.9 Å². The average molecular weight is 661 g/mol. The molecule has 0 amide bonds. The zero-order valence-corrected chi connectivity index (χ0v) is 27.2. The molecule has 2 aromatic rings. The number of carbonyl (C=O) groups excluding carboxylic acids is 2. The highest BCUT2D eigenvalue weighted by Gasteiger charge is 2.48. The van der Waals surface area contributed by atoms with E-state index < -0.39 is 16.0 Å². The minimum Gasteiger partial charge on any atom is -0.378 e. The lowest BCUT2D eigenvalue weighted by Crippen LogP contribution is -2.44. The van der Waals surface area contributed by atoms with Gasteiger partial charge in [-0.25, -0.2) is 0 Å². The van der Waals surface area contributed by atoms with E-state index in [2.05, 4.69) is 55.4 Å². The molecule has 2 aliphatic carbocycles. The van der Waals surface area contributed by atoms with Crippen molar-refractivity contribution in [3.63, 3.8) is 0 Å². The largest absolute Gasteiger partial charge is 0.378 e. The maximum absolute atomic E-state index is 13.9. The second-order valence-electron chi connectivity index (χ2n) is 12.9. The number of benzene rings is 2. The average Bonchev–Trinajstić information content (AvgIpc) is 2.85. The highest BCUT2D eigenvalue weighted by molar-refractivity contribution is 9.10. The highest BCUT2D eigenvalue weighted by atomic mass is 79.9. The first-order valence-electron chi connectivity index (χ1n) is 13.9. The van der Waals surface area contributed by atoms with Crippen LogP contribution in [0.25, 0.3) is 0 Å². The molecule has 0 unspecified atom stereocenters. The Morgan fingerprint density at radius 1 is 0.902 bits per heavy atom. The first kappa shape index (κ1) is 30.1. The van der Waals surface area contributed by atoms with Gasteiger partial charge in [0.15, 0.2) is 17.3 Å². The molecule has 0 fully saturated rings. The zero-order chi connectivity index (χ0) is 29.9. The number of rotatable bonds is 6. The Morgan fingerprint density at radius 2 is 1.44 bits per heavy atom. The molecule has 0 spiro atoms. The standard InChI is InChI=1S/C32H35BrClNO5S/c1-6-13-35-23-15-31(2,3)17-25(36)29(23)28(30-24(35)16-32(4,5)18-26(30)37)19-7-12-27(22(33)14-19)40-41(38,39)21-10-8-20(34)9-11-21/h7-12,14,28H,6,13,15-18H2,1-5H3. The minimum atomic E-state index is -4.11. The minimum absolute atomic E-state index is 0.0170. The monoisotopic (exact) mass is 659 g/mol. The summed E-state index contributed by atoms with van der Waals surface area (Å²) in [7, 11) is -4.11. The number of hydrogen-bond donors (Lipinski definition) is 0. The SMILES string of the molecule is CCCN1C2=C(C(=O)CC(C)(C)C2)C(c2ccc(OS(=O)(=O)c3ccc(Cl)cc3)c(Br)c2)C2=C1CC(C)(C)CC2=O. The van der Waals surface area contributed by atoms with Gasteiger partial charge in [-0.3, -0.25) is 9.59 Å². The van der Waals surface area contributed by atoms with Gasteiger partial charge in [-0.2, -0.15) is 8.42 Å². The van der Waals surface area contributed by atoms with Crippen molar-refractivity contribution in [2.45, 2.75) is 77.5 Å². The van der Waals surface area contributed by atoms with E-state index in [0.29, 0.717) is 33.5 Å². The van der Waals surface area contributed by atoms with Crippen molar-refractivity contribution in [2.75, 3.05) is 6.54 Å². The lowest BCUT2D eigenvalue weighted by atomic mass is 9.63. The number of halogens is 2. The van der Waals surface area contributed by atoms with Crippen LogP contribution in [0.15, 0.2) is 74.4 Å². The van der Waals surface area contributed by atoms with Crippen LogP contribution in [0.3, 0.4) is 0 Å². The smallest absolute Gasteiger partial charge is 0.339 e. The molecule has 0 saturated carbocycles. The highest BCUT2D eigenvalue weighted by Crippen LogP contribution is 2.54. The molecule has 2 aromatic carbocycles. The first-order chi connectivity index (χ1) is 19.1. The molecule has 0 bridgehead atoms. The quantitative estimate of drug-likeness (QED) is 0.293. The molecule has 0 atom stereocenters. The normalized spacial score (nSPS) is 20.7. The molecule has 0 radical (unpaired) electrons. The summed E-state index contributed by atoms with van der Waals surface area (Å²) in [6.07, 6.45) is 3.20. The summed E-state index contributed by atoms with van der Waals surface area (Å²) in [5.74, 6) is -0.275. The van der Waals surface area contributed by atoms with E-state index in [-0.39, 0.29) is 33.0 Å². The van der Waals surface area contributed by atoms with E-state index in [4.69, 9.17) is 15.8 Å². The topological polar surface area (TPSA) is 80.8 Å². The lowest BCUT2D eigenvalue weighted by molar-refractivity contribution is -0.119. The Hall–Kier alpha value is -2.42. The summed E-state index contributed by atoms with van der Waals surface area (Å²) in [5.41, 5.74) is 3.80. The molecule has 5 rings (SSSR count). The van der Waals surface area contributed by atoms with Crippen LogP contribution in [-0.2, 0) is 19.7 Å². The van der Waals surface area contributed by atoms with Crippen molar-refractivity contribution < 1.29 is 22.2 Å². The van der Waals surface area contributed by atoms with E-state index in [9.17, 15) is 18.0 Å². The molecular formula is C32H35BrClNO5S. The van der Waals surface area contributed by atoms with Crippen molar-refractivity contribution in [3.8, 4) is 5.75 Å². The van der Waals surface area contributed by atoms with Crippen LogP contribution in [0.2, 0.25) is 5.02 Å². The molecule has 0 saturated heterocycles. The molecule has 0 N–H and O–H groups in total. The van der Waals surface area contributed by atoms with E-state index in [1.165, 1.54) is 24.3 Å². The van der Waals surface area contributed by atoms with Gasteiger partial charge in [-0.05, 0) is 88.0 Å². The Morgan fingerprint density at radius 3 is 1.93 bits per heavy atom. The van der Waals surface area contributed by atoms with Gasteiger partial charge in [-0.15, -0.1) is 0 Å². The maximum atomic E-state index is 13.9. The molecule has 1 aliphatic heterocycles. The van der Waals surface area contributed by atoms with Crippen LogP contribution >= 0.6 is 27.5 Å². The summed E-state index contributed by atoms with van der Waals surface area (Å²) in [6.45, 7) is 11.4. The van der Waals surface area contributed by atoms with Gasteiger partial charge in [0.2, 0.25) is 0 Å². The predicted molar refractivity (Wildman–Crippen MR) is 163 cm³/mol. The Balaban J connectivity index is 1.63. The van der Waals surface area contributed by atoms with Crippen molar-refractivity contribution in [1.29, 1.82) is 0 Å². The van der Waals surface area contributed by atoms with Gasteiger partial charge in [0.1, 0.15) is 4.90 Å². The number of nitrogens with zero attached hydrogens (tertiary/aromatic N) is 1. The van der Waals surface area contributed by atoms with Crippen LogP contribution in [0.1, 0.15) is 78.2 Å². The van der Waals surface area contributed by atoms with Crippen molar-refractivity contribution >= 4 is 49.2 Å². The molecule has 9 heteroatoms. The van der Waals surface area contributed by atoms with Gasteiger partial charge in [-0.1, -0.05) is 52.3 Å². The number of hydrogen-bond acceptors (Lipinski definition) is 6. The van der Waals surface area contributed by atoms with Crippen LogP contribution in [0.5, 0.6) is 5.75 Å². The van der Waals surface area contributed by atoms with Crippen molar-refractivity contribution in [2.24, 2.45) is 10.8 Å². The Labute approximate surface area is 256 Å². The Kier molecular flexibility index (Phi) is 7.84. The van der Waals surface area contributed by atoms with Crippen LogP contribution in [0, 0.1) is 10.8 Å². The summed E-state index contributed by atoms with van der Waals surface area (Å²) < 4.78 is 31.8.